The lowest BCUT2D eigenvalue weighted by atomic mass is 9.80. The highest BCUT2D eigenvalue weighted by Gasteiger charge is 2.22. The monoisotopic (exact) mass is 353 g/mol. The summed E-state index contributed by atoms with van der Waals surface area (Å²) in [5, 5.41) is 0.274. The van der Waals surface area contributed by atoms with E-state index in [1.165, 1.54) is 6.92 Å². The van der Waals surface area contributed by atoms with Crippen LogP contribution < -0.4 is 5.73 Å². The van der Waals surface area contributed by atoms with Crippen LogP contribution in [0.3, 0.4) is 0 Å². The van der Waals surface area contributed by atoms with Gasteiger partial charge in [0.25, 0.3) is 0 Å². The normalized spacial score (nSPS) is 13.8. The summed E-state index contributed by atoms with van der Waals surface area (Å²) in [5.41, 5.74) is 7.06. The van der Waals surface area contributed by atoms with E-state index in [-0.39, 0.29) is 22.5 Å². The molecular weight excluding hydrogens is 330 g/mol. The maximum absolute atomic E-state index is 10.8. The Balaban J connectivity index is 2.01. The summed E-state index contributed by atoms with van der Waals surface area (Å²) in [6, 6.07) is 0. The number of rotatable bonds is 8. The number of imidazole rings is 1. The largest absolute Gasteiger partial charge is 0.466 e. The van der Waals surface area contributed by atoms with Gasteiger partial charge in [-0.05, 0) is 24.7 Å². The van der Waals surface area contributed by atoms with Gasteiger partial charge in [0, 0.05) is 13.5 Å². The number of halogens is 1. The van der Waals surface area contributed by atoms with Crippen LogP contribution in [0.25, 0.3) is 11.2 Å². The minimum atomic E-state index is -0.229. The Morgan fingerprint density at radius 3 is 2.83 bits per heavy atom. The average Bonchev–Trinajstić information content (AvgIpc) is 2.93. The zero-order chi connectivity index (χ0) is 17.7. The summed E-state index contributed by atoms with van der Waals surface area (Å²) in [7, 11) is 0. The molecule has 8 heteroatoms. The van der Waals surface area contributed by atoms with Crippen molar-refractivity contribution in [3.8, 4) is 0 Å². The molecular formula is C16H24ClN5O2. The lowest BCUT2D eigenvalue weighted by Gasteiger charge is -2.28. The first-order chi connectivity index (χ1) is 11.3. The Morgan fingerprint density at radius 1 is 1.42 bits per heavy atom. The Bertz CT molecular complexity index is 718. The van der Waals surface area contributed by atoms with Gasteiger partial charge < -0.3 is 15.0 Å². The van der Waals surface area contributed by atoms with Crippen LogP contribution in [0.4, 0.5) is 5.95 Å². The highest BCUT2D eigenvalue weighted by molar-refractivity contribution is 6.33. The van der Waals surface area contributed by atoms with Crippen molar-refractivity contribution < 1.29 is 9.53 Å². The summed E-state index contributed by atoms with van der Waals surface area (Å²) in [4.78, 5) is 23.3. The van der Waals surface area contributed by atoms with Crippen molar-refractivity contribution in [1.82, 2.24) is 19.5 Å². The Kier molecular flexibility index (Phi) is 5.99. The first-order valence-electron chi connectivity index (χ1n) is 8.12. The van der Waals surface area contributed by atoms with Gasteiger partial charge in [0.05, 0.1) is 12.9 Å². The first kappa shape index (κ1) is 18.4. The highest BCUT2D eigenvalue weighted by atomic mass is 35.5. The second-order valence-electron chi connectivity index (χ2n) is 6.34. The van der Waals surface area contributed by atoms with E-state index in [0.29, 0.717) is 17.8 Å². The van der Waals surface area contributed by atoms with Crippen LogP contribution in [0.1, 0.15) is 46.5 Å². The van der Waals surface area contributed by atoms with E-state index >= 15 is 0 Å². The molecule has 132 valence electrons. The van der Waals surface area contributed by atoms with Crippen LogP contribution in [-0.4, -0.2) is 32.1 Å². The van der Waals surface area contributed by atoms with E-state index < -0.39 is 0 Å². The molecule has 0 saturated heterocycles. The molecule has 2 aromatic heterocycles. The molecule has 2 N–H and O–H groups in total. The number of esters is 1. The van der Waals surface area contributed by atoms with Crippen molar-refractivity contribution in [2.75, 3.05) is 12.3 Å². The lowest BCUT2D eigenvalue weighted by molar-refractivity contribution is -0.141. The number of aromatic nitrogens is 4. The number of aryl methyl sites for hydroxylation is 1. The Hall–Kier alpha value is -1.89. The molecule has 7 nitrogen and oxygen atoms in total. The molecule has 1 unspecified atom stereocenters. The summed E-state index contributed by atoms with van der Waals surface area (Å²) >= 11 is 6.05. The van der Waals surface area contributed by atoms with Gasteiger partial charge in [-0.1, -0.05) is 31.9 Å². The highest BCUT2D eigenvalue weighted by Crippen LogP contribution is 2.32. The summed E-state index contributed by atoms with van der Waals surface area (Å²) in [6.07, 6.45) is 5.56. The standard InChI is InChI=1S/C16H24ClN5O2/c1-4-16(3,6-5-9-24-11(2)23)7-8-22-10-19-12-13(17)20-15(18)21-14(12)22/h10H,4-9H2,1-3H3,(H2,18,20,21). The predicted octanol–water partition coefficient (Wildman–Crippen LogP) is 3.21. The minimum Gasteiger partial charge on any atom is -0.466 e. The second-order valence-corrected chi connectivity index (χ2v) is 6.70. The van der Waals surface area contributed by atoms with E-state index in [0.717, 1.165) is 32.2 Å². The van der Waals surface area contributed by atoms with Crippen LogP contribution in [0, 0.1) is 5.41 Å². The molecule has 0 amide bonds. The molecule has 2 rings (SSSR count). The van der Waals surface area contributed by atoms with Gasteiger partial charge in [-0.3, -0.25) is 4.79 Å². The van der Waals surface area contributed by atoms with E-state index in [9.17, 15) is 4.79 Å². The topological polar surface area (TPSA) is 95.9 Å². The summed E-state index contributed by atoms with van der Waals surface area (Å²) in [5.74, 6) is -0.0823. The molecule has 2 aromatic rings. The molecule has 0 radical (unpaired) electrons. The third-order valence-electron chi connectivity index (χ3n) is 4.48. The maximum Gasteiger partial charge on any atom is 0.302 e. The van der Waals surface area contributed by atoms with Crippen molar-refractivity contribution in [2.45, 2.75) is 53.0 Å². The molecule has 0 spiro atoms. The fourth-order valence-electron chi connectivity index (χ4n) is 2.67. The van der Waals surface area contributed by atoms with Crippen LogP contribution in [0.2, 0.25) is 5.15 Å². The van der Waals surface area contributed by atoms with Gasteiger partial charge in [-0.15, -0.1) is 0 Å². The van der Waals surface area contributed by atoms with Crippen molar-refractivity contribution >= 4 is 34.7 Å². The third-order valence-corrected chi connectivity index (χ3v) is 4.74. The summed E-state index contributed by atoms with van der Waals surface area (Å²) in [6.45, 7) is 7.09. The SMILES string of the molecule is CCC(C)(CCCOC(C)=O)CCn1cnc2c(Cl)nc(N)nc21. The van der Waals surface area contributed by atoms with E-state index in [4.69, 9.17) is 22.1 Å². The average molecular weight is 354 g/mol. The Morgan fingerprint density at radius 2 is 2.17 bits per heavy atom. The van der Waals surface area contributed by atoms with E-state index in [1.807, 2.05) is 4.57 Å². The number of fused-ring (bicyclic) bond motifs is 1. The van der Waals surface area contributed by atoms with Crippen molar-refractivity contribution in [3.05, 3.63) is 11.5 Å². The number of hydrogen-bond donors (Lipinski definition) is 1. The molecule has 0 bridgehead atoms. The number of nitrogens with zero attached hydrogens (tertiary/aromatic N) is 4. The van der Waals surface area contributed by atoms with E-state index in [1.54, 1.807) is 6.33 Å². The number of anilines is 1. The predicted molar refractivity (Wildman–Crippen MR) is 93.6 cm³/mol. The number of hydrogen-bond acceptors (Lipinski definition) is 6. The minimum absolute atomic E-state index is 0.147. The van der Waals surface area contributed by atoms with Gasteiger partial charge in [-0.2, -0.15) is 9.97 Å². The molecule has 0 fully saturated rings. The van der Waals surface area contributed by atoms with Gasteiger partial charge in [0.1, 0.15) is 5.52 Å². The van der Waals surface area contributed by atoms with Gasteiger partial charge in [0.15, 0.2) is 10.8 Å². The van der Waals surface area contributed by atoms with Crippen molar-refractivity contribution in [2.24, 2.45) is 5.41 Å². The number of ether oxygens (including phenoxy) is 1. The van der Waals surface area contributed by atoms with Gasteiger partial charge in [-0.25, -0.2) is 4.98 Å². The van der Waals surface area contributed by atoms with Gasteiger partial charge >= 0.3 is 5.97 Å². The van der Waals surface area contributed by atoms with Gasteiger partial charge in [0.2, 0.25) is 5.95 Å². The van der Waals surface area contributed by atoms with Crippen molar-refractivity contribution in [1.29, 1.82) is 0 Å². The van der Waals surface area contributed by atoms with Crippen LogP contribution in [0.15, 0.2) is 6.33 Å². The zero-order valence-corrected chi connectivity index (χ0v) is 15.1. The van der Waals surface area contributed by atoms with Crippen LogP contribution >= 0.6 is 11.6 Å². The second kappa shape index (κ2) is 7.79. The number of nitrogen functional groups attached to an aromatic ring is 1. The molecule has 0 aliphatic carbocycles. The molecule has 0 aromatic carbocycles. The molecule has 0 aliphatic rings. The van der Waals surface area contributed by atoms with Crippen LogP contribution in [-0.2, 0) is 16.1 Å². The van der Waals surface area contributed by atoms with E-state index in [2.05, 4.69) is 28.8 Å². The summed E-state index contributed by atoms with van der Waals surface area (Å²) < 4.78 is 6.97. The zero-order valence-electron chi connectivity index (χ0n) is 14.4. The molecule has 24 heavy (non-hydrogen) atoms. The number of nitrogens with two attached hydrogens (primary N) is 1. The molecule has 1 atom stereocenters. The van der Waals surface area contributed by atoms with Crippen molar-refractivity contribution in [3.63, 3.8) is 0 Å². The van der Waals surface area contributed by atoms with Crippen LogP contribution in [0.5, 0.6) is 0 Å². The third kappa shape index (κ3) is 4.56. The number of carbonyl (C=O) groups is 1. The fourth-order valence-corrected chi connectivity index (χ4v) is 2.89. The maximum atomic E-state index is 10.8. The first-order valence-corrected chi connectivity index (χ1v) is 8.49. The fraction of sp³-hybridized carbons (Fsp3) is 0.625. The molecule has 0 aliphatic heterocycles. The quantitative estimate of drug-likeness (QED) is 0.444. The molecule has 2 heterocycles. The number of carbonyl (C=O) groups excluding carboxylic acids is 1. The molecule has 0 saturated carbocycles. The smallest absolute Gasteiger partial charge is 0.302 e. The Labute approximate surface area is 146 Å². The lowest BCUT2D eigenvalue weighted by Crippen LogP contribution is -2.19.